The largest absolute Gasteiger partial charge is 0.349 e. The lowest BCUT2D eigenvalue weighted by Crippen LogP contribution is -2.25. The standard InChI is InChI=1S/C15H13F2N3O/c16-12-2-1-3-13(17)14(12)19-11-6-9(7-18-8-11)15(21)20-10-4-5-10/h1-3,6-8,10,19H,4-5H2,(H,20,21). The van der Waals surface area contributed by atoms with Crippen LogP contribution in [-0.4, -0.2) is 16.9 Å². The van der Waals surface area contributed by atoms with Crippen LogP contribution >= 0.6 is 0 Å². The summed E-state index contributed by atoms with van der Waals surface area (Å²) < 4.78 is 27.1. The third-order valence-electron chi connectivity index (χ3n) is 3.15. The molecule has 2 N–H and O–H groups in total. The van der Waals surface area contributed by atoms with Gasteiger partial charge >= 0.3 is 0 Å². The van der Waals surface area contributed by atoms with Crippen molar-refractivity contribution in [1.82, 2.24) is 10.3 Å². The number of aromatic nitrogens is 1. The highest BCUT2D eigenvalue weighted by molar-refractivity contribution is 5.95. The Morgan fingerprint density at radius 3 is 2.57 bits per heavy atom. The molecular weight excluding hydrogens is 276 g/mol. The van der Waals surface area contributed by atoms with Gasteiger partial charge in [-0.2, -0.15) is 0 Å². The second kappa shape index (κ2) is 5.47. The molecule has 1 heterocycles. The maximum Gasteiger partial charge on any atom is 0.253 e. The van der Waals surface area contributed by atoms with Gasteiger partial charge in [0, 0.05) is 12.2 Å². The zero-order chi connectivity index (χ0) is 14.8. The monoisotopic (exact) mass is 289 g/mol. The van der Waals surface area contributed by atoms with E-state index in [1.807, 2.05) is 0 Å². The van der Waals surface area contributed by atoms with E-state index in [1.54, 1.807) is 0 Å². The van der Waals surface area contributed by atoms with Crippen LogP contribution in [0, 0.1) is 11.6 Å². The predicted molar refractivity (Wildman–Crippen MR) is 74.4 cm³/mol. The summed E-state index contributed by atoms with van der Waals surface area (Å²) in [4.78, 5) is 15.8. The summed E-state index contributed by atoms with van der Waals surface area (Å²) in [6.07, 6.45) is 4.79. The number of amides is 1. The molecule has 3 rings (SSSR count). The molecule has 21 heavy (non-hydrogen) atoms. The third kappa shape index (κ3) is 3.16. The Morgan fingerprint density at radius 2 is 1.90 bits per heavy atom. The van der Waals surface area contributed by atoms with E-state index in [2.05, 4.69) is 15.6 Å². The molecule has 1 aromatic heterocycles. The molecule has 6 heteroatoms. The van der Waals surface area contributed by atoms with Gasteiger partial charge in [0.15, 0.2) is 0 Å². The van der Waals surface area contributed by atoms with Gasteiger partial charge < -0.3 is 10.6 Å². The number of anilines is 2. The number of para-hydroxylation sites is 1. The lowest BCUT2D eigenvalue weighted by Gasteiger charge is -2.09. The summed E-state index contributed by atoms with van der Waals surface area (Å²) in [5.74, 6) is -1.65. The number of rotatable bonds is 4. The highest BCUT2D eigenvalue weighted by Crippen LogP contribution is 2.24. The molecule has 1 aliphatic rings. The van der Waals surface area contributed by atoms with E-state index in [1.165, 1.54) is 24.5 Å². The van der Waals surface area contributed by atoms with Crippen LogP contribution in [-0.2, 0) is 0 Å². The van der Waals surface area contributed by atoms with Crippen molar-refractivity contribution >= 4 is 17.3 Å². The van der Waals surface area contributed by atoms with Gasteiger partial charge in [0.2, 0.25) is 0 Å². The molecule has 0 spiro atoms. The number of benzene rings is 1. The van der Waals surface area contributed by atoms with Crippen molar-refractivity contribution in [3.8, 4) is 0 Å². The number of hydrogen-bond acceptors (Lipinski definition) is 3. The molecule has 0 bridgehead atoms. The lowest BCUT2D eigenvalue weighted by atomic mass is 10.2. The van der Waals surface area contributed by atoms with Crippen LogP contribution in [0.1, 0.15) is 23.2 Å². The Balaban J connectivity index is 1.81. The van der Waals surface area contributed by atoms with Crippen LogP contribution in [0.3, 0.4) is 0 Å². The fourth-order valence-electron chi connectivity index (χ4n) is 1.89. The van der Waals surface area contributed by atoms with Gasteiger partial charge in [-0.25, -0.2) is 8.78 Å². The first-order chi connectivity index (χ1) is 10.1. The Labute approximate surface area is 120 Å². The molecule has 0 unspecified atom stereocenters. The highest BCUT2D eigenvalue weighted by Gasteiger charge is 2.24. The van der Waals surface area contributed by atoms with E-state index in [4.69, 9.17) is 0 Å². The number of nitrogens with zero attached hydrogens (tertiary/aromatic N) is 1. The molecule has 0 atom stereocenters. The van der Waals surface area contributed by atoms with Gasteiger partial charge in [-0.1, -0.05) is 6.07 Å². The third-order valence-corrected chi connectivity index (χ3v) is 3.15. The quantitative estimate of drug-likeness (QED) is 0.909. The van der Waals surface area contributed by atoms with E-state index < -0.39 is 11.6 Å². The van der Waals surface area contributed by atoms with Crippen molar-refractivity contribution in [3.05, 3.63) is 53.9 Å². The number of halogens is 2. The molecule has 2 aromatic rings. The molecule has 1 amide bonds. The SMILES string of the molecule is O=C(NC1CC1)c1cncc(Nc2c(F)cccc2F)c1. The molecule has 1 aromatic carbocycles. The number of hydrogen-bond donors (Lipinski definition) is 2. The molecular formula is C15H13F2N3O. The molecule has 0 aliphatic heterocycles. The van der Waals surface area contributed by atoms with Crippen LogP contribution < -0.4 is 10.6 Å². The van der Waals surface area contributed by atoms with Crippen molar-refractivity contribution in [3.63, 3.8) is 0 Å². The minimum Gasteiger partial charge on any atom is -0.349 e. The molecule has 1 fully saturated rings. The van der Waals surface area contributed by atoms with Crippen molar-refractivity contribution in [2.45, 2.75) is 18.9 Å². The summed E-state index contributed by atoms with van der Waals surface area (Å²) in [5.41, 5.74) is 0.435. The summed E-state index contributed by atoms with van der Waals surface area (Å²) in [5, 5.41) is 5.44. The fraction of sp³-hybridized carbons (Fsp3) is 0.200. The maximum absolute atomic E-state index is 13.6. The Morgan fingerprint density at radius 1 is 1.19 bits per heavy atom. The van der Waals surface area contributed by atoms with E-state index in [9.17, 15) is 13.6 Å². The van der Waals surface area contributed by atoms with Crippen LogP contribution in [0.15, 0.2) is 36.7 Å². The molecule has 0 radical (unpaired) electrons. The number of nitrogens with one attached hydrogen (secondary N) is 2. The average molecular weight is 289 g/mol. The van der Waals surface area contributed by atoms with E-state index in [0.717, 1.165) is 25.0 Å². The van der Waals surface area contributed by atoms with Crippen LogP contribution in [0.25, 0.3) is 0 Å². The van der Waals surface area contributed by atoms with Gasteiger partial charge in [0.1, 0.15) is 17.3 Å². The van der Waals surface area contributed by atoms with Crippen LogP contribution in [0.5, 0.6) is 0 Å². The lowest BCUT2D eigenvalue weighted by molar-refractivity contribution is 0.0951. The van der Waals surface area contributed by atoms with Crippen LogP contribution in [0.2, 0.25) is 0 Å². The minimum atomic E-state index is -0.706. The topological polar surface area (TPSA) is 54.0 Å². The van der Waals surface area contributed by atoms with Gasteiger partial charge in [-0.15, -0.1) is 0 Å². The summed E-state index contributed by atoms with van der Waals surface area (Å²) in [6.45, 7) is 0. The van der Waals surface area contributed by atoms with Crippen molar-refractivity contribution in [2.24, 2.45) is 0 Å². The predicted octanol–water partition coefficient (Wildman–Crippen LogP) is 3.00. The smallest absolute Gasteiger partial charge is 0.253 e. The molecule has 4 nitrogen and oxygen atoms in total. The van der Waals surface area contributed by atoms with E-state index in [0.29, 0.717) is 11.3 Å². The van der Waals surface area contributed by atoms with Gasteiger partial charge in [0.05, 0.1) is 17.4 Å². The van der Waals surface area contributed by atoms with E-state index in [-0.39, 0.29) is 17.6 Å². The first-order valence-corrected chi connectivity index (χ1v) is 6.60. The van der Waals surface area contributed by atoms with Gasteiger partial charge in [0.25, 0.3) is 5.91 Å². The van der Waals surface area contributed by atoms with Gasteiger partial charge in [-0.05, 0) is 31.0 Å². The highest BCUT2D eigenvalue weighted by atomic mass is 19.1. The fourth-order valence-corrected chi connectivity index (χ4v) is 1.89. The average Bonchev–Trinajstić information content (AvgIpc) is 3.27. The molecule has 0 saturated heterocycles. The number of carbonyl (C=O) groups excluding carboxylic acids is 1. The molecule has 1 aliphatic carbocycles. The van der Waals surface area contributed by atoms with Crippen molar-refractivity contribution < 1.29 is 13.6 Å². The zero-order valence-corrected chi connectivity index (χ0v) is 11.1. The number of carbonyl (C=O) groups is 1. The Kier molecular flexibility index (Phi) is 3.51. The summed E-state index contributed by atoms with van der Waals surface area (Å²) >= 11 is 0. The summed E-state index contributed by atoms with van der Waals surface area (Å²) in [6, 6.07) is 5.34. The van der Waals surface area contributed by atoms with Gasteiger partial charge in [-0.3, -0.25) is 9.78 Å². The zero-order valence-electron chi connectivity index (χ0n) is 11.1. The van der Waals surface area contributed by atoms with Crippen LogP contribution in [0.4, 0.5) is 20.2 Å². The molecule has 108 valence electrons. The molecule has 1 saturated carbocycles. The second-order valence-corrected chi connectivity index (χ2v) is 4.93. The van der Waals surface area contributed by atoms with Crippen molar-refractivity contribution in [2.75, 3.05) is 5.32 Å². The minimum absolute atomic E-state index is 0.234. The number of pyridine rings is 1. The van der Waals surface area contributed by atoms with E-state index >= 15 is 0 Å². The Hall–Kier alpha value is -2.50. The second-order valence-electron chi connectivity index (χ2n) is 4.93. The maximum atomic E-state index is 13.6. The first-order valence-electron chi connectivity index (χ1n) is 6.60. The summed E-state index contributed by atoms with van der Waals surface area (Å²) in [7, 11) is 0. The van der Waals surface area contributed by atoms with Crippen molar-refractivity contribution in [1.29, 1.82) is 0 Å². The Bertz CT molecular complexity index is 666. The normalized spacial score (nSPS) is 13.8. The first kappa shape index (κ1) is 13.5.